The summed E-state index contributed by atoms with van der Waals surface area (Å²) in [5.74, 6) is 1.78. The predicted molar refractivity (Wildman–Crippen MR) is 95.9 cm³/mol. The molecule has 0 unspecified atom stereocenters. The maximum absolute atomic E-state index is 12.0. The SMILES string of the molecule is Nc1nc(CS[C@@H]2CCCCNC2=O)nc(Nc2ccccc2)n1. The van der Waals surface area contributed by atoms with Gasteiger partial charge in [-0.15, -0.1) is 11.8 Å². The third-order valence-electron chi connectivity index (χ3n) is 3.63. The van der Waals surface area contributed by atoms with Gasteiger partial charge in [-0.25, -0.2) is 0 Å². The Kier molecular flexibility index (Phi) is 5.47. The summed E-state index contributed by atoms with van der Waals surface area (Å²) in [6.07, 6.45) is 2.97. The molecule has 0 spiro atoms. The first-order valence-electron chi connectivity index (χ1n) is 7.92. The lowest BCUT2D eigenvalue weighted by molar-refractivity contribution is -0.120. The van der Waals surface area contributed by atoms with E-state index < -0.39 is 0 Å². The molecule has 0 radical (unpaired) electrons. The number of benzene rings is 1. The van der Waals surface area contributed by atoms with Gasteiger partial charge in [0.2, 0.25) is 17.8 Å². The van der Waals surface area contributed by atoms with Crippen molar-refractivity contribution in [2.75, 3.05) is 17.6 Å². The monoisotopic (exact) mass is 344 g/mol. The van der Waals surface area contributed by atoms with Crippen molar-refractivity contribution in [3.8, 4) is 0 Å². The topological polar surface area (TPSA) is 106 Å². The number of nitrogens with zero attached hydrogens (tertiary/aromatic N) is 3. The molecule has 1 aliphatic rings. The molecule has 1 amide bonds. The fourth-order valence-electron chi connectivity index (χ4n) is 2.45. The van der Waals surface area contributed by atoms with Crippen LogP contribution in [0.3, 0.4) is 0 Å². The normalized spacial score (nSPS) is 17.8. The molecule has 24 heavy (non-hydrogen) atoms. The van der Waals surface area contributed by atoms with Crippen LogP contribution in [0.2, 0.25) is 0 Å². The number of carbonyl (C=O) groups is 1. The van der Waals surface area contributed by atoms with Crippen molar-refractivity contribution in [2.24, 2.45) is 0 Å². The number of aromatic nitrogens is 3. The Labute approximate surface area is 144 Å². The summed E-state index contributed by atoms with van der Waals surface area (Å²) in [5, 5.41) is 5.99. The van der Waals surface area contributed by atoms with Crippen LogP contribution >= 0.6 is 11.8 Å². The number of carbonyl (C=O) groups excluding carboxylic acids is 1. The molecule has 1 aromatic heterocycles. The number of nitrogen functional groups attached to an aromatic ring is 1. The van der Waals surface area contributed by atoms with Gasteiger partial charge in [-0.3, -0.25) is 4.79 Å². The molecule has 1 fully saturated rings. The standard InChI is InChI=1S/C16H20N6OS/c17-15-20-13(10-24-12-8-4-5-9-18-14(12)23)21-16(22-15)19-11-6-2-1-3-7-11/h1-3,6-7,12H,4-5,8-10H2,(H,18,23)(H3,17,19,20,21,22)/t12-/m1/s1. The van der Waals surface area contributed by atoms with E-state index in [9.17, 15) is 4.79 Å². The minimum Gasteiger partial charge on any atom is -0.368 e. The third-order valence-corrected chi connectivity index (χ3v) is 4.90. The number of thioether (sulfide) groups is 1. The van der Waals surface area contributed by atoms with E-state index in [2.05, 4.69) is 25.6 Å². The predicted octanol–water partition coefficient (Wildman–Crippen LogP) is 2.10. The second-order valence-electron chi connectivity index (χ2n) is 5.51. The summed E-state index contributed by atoms with van der Waals surface area (Å²) < 4.78 is 0. The smallest absolute Gasteiger partial charge is 0.233 e. The number of para-hydroxylation sites is 1. The molecular formula is C16H20N6OS. The molecule has 8 heteroatoms. The molecule has 0 bridgehead atoms. The molecule has 1 aromatic carbocycles. The van der Waals surface area contributed by atoms with Gasteiger partial charge in [0.1, 0.15) is 5.82 Å². The van der Waals surface area contributed by atoms with Crippen LogP contribution in [0.5, 0.6) is 0 Å². The van der Waals surface area contributed by atoms with Crippen LogP contribution in [0.4, 0.5) is 17.6 Å². The number of nitrogens with one attached hydrogen (secondary N) is 2. The Morgan fingerprint density at radius 1 is 1.21 bits per heavy atom. The molecule has 0 saturated carbocycles. The molecule has 7 nitrogen and oxygen atoms in total. The molecular weight excluding hydrogens is 324 g/mol. The van der Waals surface area contributed by atoms with Crippen LogP contribution in [-0.2, 0) is 10.5 Å². The molecule has 1 saturated heterocycles. The van der Waals surface area contributed by atoms with Gasteiger partial charge in [0.05, 0.1) is 11.0 Å². The summed E-state index contributed by atoms with van der Waals surface area (Å²) in [4.78, 5) is 24.7. The van der Waals surface area contributed by atoms with Crippen molar-refractivity contribution >= 4 is 35.3 Å². The highest BCUT2D eigenvalue weighted by Gasteiger charge is 2.21. The highest BCUT2D eigenvalue weighted by Crippen LogP contribution is 2.23. The van der Waals surface area contributed by atoms with E-state index in [0.29, 0.717) is 17.5 Å². The largest absolute Gasteiger partial charge is 0.368 e. The molecule has 1 aliphatic heterocycles. The van der Waals surface area contributed by atoms with Crippen LogP contribution in [0.1, 0.15) is 25.1 Å². The Hall–Kier alpha value is -2.35. The van der Waals surface area contributed by atoms with Gasteiger partial charge in [-0.1, -0.05) is 24.6 Å². The quantitative estimate of drug-likeness (QED) is 0.762. The van der Waals surface area contributed by atoms with E-state index in [4.69, 9.17) is 5.73 Å². The van der Waals surface area contributed by atoms with Crippen molar-refractivity contribution in [1.82, 2.24) is 20.3 Å². The van der Waals surface area contributed by atoms with E-state index in [1.54, 1.807) is 11.8 Å². The third kappa shape index (κ3) is 4.58. The Morgan fingerprint density at radius 2 is 2.04 bits per heavy atom. The number of amides is 1. The second kappa shape index (κ2) is 7.96. The van der Waals surface area contributed by atoms with E-state index in [1.165, 1.54) is 0 Å². The number of rotatable bonds is 5. The van der Waals surface area contributed by atoms with Crippen LogP contribution in [0.15, 0.2) is 30.3 Å². The summed E-state index contributed by atoms with van der Waals surface area (Å²) >= 11 is 1.55. The first kappa shape index (κ1) is 16.5. The Balaban J connectivity index is 1.66. The molecule has 4 N–H and O–H groups in total. The van der Waals surface area contributed by atoms with Crippen molar-refractivity contribution in [3.05, 3.63) is 36.2 Å². The summed E-state index contributed by atoms with van der Waals surface area (Å²) in [6, 6.07) is 9.63. The van der Waals surface area contributed by atoms with Crippen LogP contribution in [-0.4, -0.2) is 32.7 Å². The van der Waals surface area contributed by atoms with Crippen molar-refractivity contribution in [1.29, 1.82) is 0 Å². The Morgan fingerprint density at radius 3 is 2.88 bits per heavy atom. The van der Waals surface area contributed by atoms with Gasteiger partial charge in [0, 0.05) is 12.2 Å². The van der Waals surface area contributed by atoms with E-state index in [1.807, 2.05) is 30.3 Å². The number of hydrogen-bond donors (Lipinski definition) is 3. The van der Waals surface area contributed by atoms with Gasteiger partial charge in [0.15, 0.2) is 0 Å². The maximum atomic E-state index is 12.0. The van der Waals surface area contributed by atoms with Crippen molar-refractivity contribution in [3.63, 3.8) is 0 Å². The lowest BCUT2D eigenvalue weighted by atomic mass is 10.2. The van der Waals surface area contributed by atoms with Crippen molar-refractivity contribution < 1.29 is 4.79 Å². The van der Waals surface area contributed by atoms with Crippen LogP contribution in [0.25, 0.3) is 0 Å². The zero-order valence-electron chi connectivity index (χ0n) is 13.2. The highest BCUT2D eigenvalue weighted by atomic mass is 32.2. The van der Waals surface area contributed by atoms with Gasteiger partial charge >= 0.3 is 0 Å². The second-order valence-corrected chi connectivity index (χ2v) is 6.70. The number of anilines is 3. The van der Waals surface area contributed by atoms with E-state index >= 15 is 0 Å². The summed E-state index contributed by atoms with van der Waals surface area (Å²) in [5.41, 5.74) is 6.66. The summed E-state index contributed by atoms with van der Waals surface area (Å²) in [6.45, 7) is 0.764. The average molecular weight is 344 g/mol. The molecule has 3 rings (SSSR count). The van der Waals surface area contributed by atoms with Gasteiger partial charge in [0.25, 0.3) is 0 Å². The Bertz CT molecular complexity index is 696. The van der Waals surface area contributed by atoms with Crippen LogP contribution < -0.4 is 16.4 Å². The minimum atomic E-state index is -0.0592. The zero-order valence-corrected chi connectivity index (χ0v) is 14.1. The molecule has 2 aromatic rings. The molecule has 0 aliphatic carbocycles. The first-order chi connectivity index (χ1) is 11.7. The van der Waals surface area contributed by atoms with Gasteiger partial charge < -0.3 is 16.4 Å². The highest BCUT2D eigenvalue weighted by molar-refractivity contribution is 7.99. The van der Waals surface area contributed by atoms with E-state index in [-0.39, 0.29) is 17.1 Å². The molecule has 2 heterocycles. The summed E-state index contributed by atoms with van der Waals surface area (Å²) in [7, 11) is 0. The minimum absolute atomic E-state index is 0.0592. The molecule has 126 valence electrons. The lowest BCUT2D eigenvalue weighted by Gasteiger charge is -2.12. The van der Waals surface area contributed by atoms with Crippen LogP contribution in [0, 0.1) is 0 Å². The maximum Gasteiger partial charge on any atom is 0.233 e. The fourth-order valence-corrected chi connectivity index (χ4v) is 3.50. The number of nitrogens with two attached hydrogens (primary N) is 1. The molecule has 1 atom stereocenters. The van der Waals surface area contributed by atoms with E-state index in [0.717, 1.165) is 31.5 Å². The average Bonchev–Trinajstić information content (AvgIpc) is 2.78. The fraction of sp³-hybridized carbons (Fsp3) is 0.375. The lowest BCUT2D eigenvalue weighted by Crippen LogP contribution is -2.30. The van der Waals surface area contributed by atoms with Crippen molar-refractivity contribution in [2.45, 2.75) is 30.3 Å². The van der Waals surface area contributed by atoms with Gasteiger partial charge in [-0.2, -0.15) is 15.0 Å². The number of hydrogen-bond acceptors (Lipinski definition) is 7. The first-order valence-corrected chi connectivity index (χ1v) is 8.97. The van der Waals surface area contributed by atoms with Gasteiger partial charge in [-0.05, 0) is 25.0 Å². The zero-order chi connectivity index (χ0) is 16.8.